The van der Waals surface area contributed by atoms with Gasteiger partial charge in [0, 0.05) is 31.9 Å². The Bertz CT molecular complexity index is 1110. The van der Waals surface area contributed by atoms with Gasteiger partial charge in [0.1, 0.15) is 12.4 Å². The lowest BCUT2D eigenvalue weighted by atomic mass is 10.1. The Morgan fingerprint density at radius 3 is 2.21 bits per heavy atom. The van der Waals surface area contributed by atoms with Crippen LogP contribution >= 0.6 is 11.8 Å². The molecule has 0 aliphatic rings. The van der Waals surface area contributed by atoms with E-state index in [9.17, 15) is 14.7 Å². The molecule has 2 N–H and O–H groups in total. The molecule has 8 heteroatoms. The third-order valence-electron chi connectivity index (χ3n) is 6.02. The van der Waals surface area contributed by atoms with Crippen molar-refractivity contribution in [3.05, 3.63) is 102 Å². The molecule has 3 aromatic carbocycles. The predicted molar refractivity (Wildman–Crippen MR) is 156 cm³/mol. The van der Waals surface area contributed by atoms with E-state index in [1.54, 1.807) is 11.8 Å². The second-order valence-corrected chi connectivity index (χ2v) is 10.1. The van der Waals surface area contributed by atoms with Gasteiger partial charge >= 0.3 is 12.0 Å². The van der Waals surface area contributed by atoms with Crippen molar-refractivity contribution in [2.45, 2.75) is 38.2 Å². The molecule has 3 rings (SSSR count). The van der Waals surface area contributed by atoms with Crippen LogP contribution in [-0.2, 0) is 28.2 Å². The minimum Gasteiger partial charge on any atom is -0.492 e. The highest BCUT2D eigenvalue weighted by atomic mass is 32.2. The summed E-state index contributed by atoms with van der Waals surface area (Å²) in [7, 11) is 0. The monoisotopic (exact) mass is 550 g/mol. The number of carbonyl (C=O) groups excluding carboxylic acids is 1. The summed E-state index contributed by atoms with van der Waals surface area (Å²) < 4.78 is 11.2. The molecule has 0 aliphatic heterocycles. The molecule has 1 atom stereocenters. The van der Waals surface area contributed by atoms with E-state index in [-0.39, 0.29) is 6.03 Å². The maximum Gasteiger partial charge on any atom is 0.333 e. The van der Waals surface area contributed by atoms with Crippen LogP contribution in [0, 0.1) is 0 Å². The largest absolute Gasteiger partial charge is 0.492 e. The van der Waals surface area contributed by atoms with Crippen molar-refractivity contribution in [3.63, 3.8) is 0 Å². The summed E-state index contributed by atoms with van der Waals surface area (Å²) in [6.45, 7) is 4.04. The summed E-state index contributed by atoms with van der Waals surface area (Å²) in [5.41, 5.74) is 3.21. The predicted octanol–water partition coefficient (Wildman–Crippen LogP) is 5.63. The van der Waals surface area contributed by atoms with E-state index >= 15 is 0 Å². The summed E-state index contributed by atoms with van der Waals surface area (Å²) in [6.07, 6.45) is 0.312. The number of urea groups is 1. The topological polar surface area (TPSA) is 88.1 Å². The van der Waals surface area contributed by atoms with Gasteiger partial charge in [0.05, 0.1) is 6.54 Å². The van der Waals surface area contributed by atoms with Gasteiger partial charge in [-0.3, -0.25) is 0 Å². The number of rotatable bonds is 17. The Morgan fingerprint density at radius 1 is 0.897 bits per heavy atom. The van der Waals surface area contributed by atoms with Crippen molar-refractivity contribution in [2.24, 2.45) is 0 Å². The molecule has 0 radical (unpaired) electrons. The molecule has 0 aromatic heterocycles. The number of carboxylic acid groups (broad SMARTS) is 1. The Morgan fingerprint density at radius 2 is 1.56 bits per heavy atom. The number of hydrogen-bond donors (Lipinski definition) is 2. The Labute approximate surface area is 235 Å². The number of thioether (sulfide) groups is 1. The van der Waals surface area contributed by atoms with Gasteiger partial charge in [-0.05, 0) is 47.9 Å². The van der Waals surface area contributed by atoms with Gasteiger partial charge in [-0.2, -0.15) is 11.8 Å². The molecule has 3 aromatic rings. The molecule has 0 spiro atoms. The summed E-state index contributed by atoms with van der Waals surface area (Å²) in [6, 6.07) is 27.5. The minimum absolute atomic E-state index is 0.110. The zero-order valence-electron chi connectivity index (χ0n) is 22.5. The fraction of sp³-hybridized carbons (Fsp3) is 0.355. The fourth-order valence-electron chi connectivity index (χ4n) is 3.95. The van der Waals surface area contributed by atoms with Crippen LogP contribution < -0.4 is 10.1 Å². The van der Waals surface area contributed by atoms with Gasteiger partial charge in [-0.15, -0.1) is 0 Å². The van der Waals surface area contributed by atoms with Crippen LogP contribution in [0.5, 0.6) is 5.75 Å². The third-order valence-corrected chi connectivity index (χ3v) is 7.13. The zero-order chi connectivity index (χ0) is 27.7. The van der Waals surface area contributed by atoms with Crippen molar-refractivity contribution < 1.29 is 24.2 Å². The fourth-order valence-corrected chi connectivity index (χ4v) is 4.86. The first-order chi connectivity index (χ1) is 19.0. The SMILES string of the molecule is CCOC(Cc1ccc(OCCN(CCCSCc2ccccc2)C(=O)NCc2ccccc2)cc1)C(=O)O. The van der Waals surface area contributed by atoms with Crippen LogP contribution in [0.4, 0.5) is 4.79 Å². The van der Waals surface area contributed by atoms with Crippen molar-refractivity contribution in [1.29, 1.82) is 0 Å². The molecular weight excluding hydrogens is 512 g/mol. The normalized spacial score (nSPS) is 11.5. The molecule has 2 amide bonds. The number of nitrogens with zero attached hydrogens (tertiary/aromatic N) is 1. The van der Waals surface area contributed by atoms with Crippen LogP contribution in [0.1, 0.15) is 30.0 Å². The van der Waals surface area contributed by atoms with Crippen LogP contribution in [0.25, 0.3) is 0 Å². The molecule has 0 saturated heterocycles. The number of aliphatic carboxylic acids is 1. The number of nitrogens with one attached hydrogen (secondary N) is 1. The van der Waals surface area contributed by atoms with Crippen LogP contribution in [0.15, 0.2) is 84.9 Å². The number of carbonyl (C=O) groups is 2. The first kappa shape index (κ1) is 30.1. The van der Waals surface area contributed by atoms with Crippen molar-refractivity contribution in [1.82, 2.24) is 10.2 Å². The molecule has 7 nitrogen and oxygen atoms in total. The molecule has 1 unspecified atom stereocenters. The van der Waals surface area contributed by atoms with E-state index < -0.39 is 12.1 Å². The summed E-state index contributed by atoms with van der Waals surface area (Å²) >= 11 is 1.87. The van der Waals surface area contributed by atoms with Gasteiger partial charge in [0.25, 0.3) is 0 Å². The summed E-state index contributed by atoms with van der Waals surface area (Å²) in [5, 5.41) is 12.3. The van der Waals surface area contributed by atoms with Gasteiger partial charge in [0.2, 0.25) is 0 Å². The van der Waals surface area contributed by atoms with E-state index in [2.05, 4.69) is 29.6 Å². The molecular formula is C31H38N2O5S. The van der Waals surface area contributed by atoms with Crippen molar-refractivity contribution in [3.8, 4) is 5.75 Å². The molecule has 208 valence electrons. The Hall–Kier alpha value is -3.49. The maximum absolute atomic E-state index is 13.0. The van der Waals surface area contributed by atoms with Gasteiger partial charge < -0.3 is 24.8 Å². The van der Waals surface area contributed by atoms with E-state index in [0.29, 0.717) is 45.0 Å². The van der Waals surface area contributed by atoms with Gasteiger partial charge in [0.15, 0.2) is 6.10 Å². The summed E-state index contributed by atoms with van der Waals surface area (Å²) in [5.74, 6) is 1.61. The standard InChI is InChI=1S/C31H38N2O5S/c1-2-37-29(30(34)35)22-25-14-16-28(17-15-25)38-20-19-33(31(36)32-23-26-10-5-3-6-11-26)18-9-21-39-24-27-12-7-4-8-13-27/h3-8,10-17,29H,2,9,18-24H2,1H3,(H,32,36)(H,34,35). The second kappa shape index (κ2) is 17.2. The van der Waals surface area contributed by atoms with Gasteiger partial charge in [-0.25, -0.2) is 9.59 Å². The maximum atomic E-state index is 13.0. The molecule has 0 saturated carbocycles. The number of hydrogen-bond acceptors (Lipinski definition) is 5. The van der Waals surface area contributed by atoms with Crippen LogP contribution in [0.3, 0.4) is 0 Å². The Balaban J connectivity index is 1.48. The molecule has 0 bridgehead atoms. The lowest BCUT2D eigenvalue weighted by Crippen LogP contribution is -2.42. The number of amides is 2. The minimum atomic E-state index is -0.971. The molecule has 0 aliphatic carbocycles. The molecule has 0 fully saturated rings. The Kier molecular flexibility index (Phi) is 13.2. The highest BCUT2D eigenvalue weighted by molar-refractivity contribution is 7.98. The smallest absolute Gasteiger partial charge is 0.333 e. The average molecular weight is 551 g/mol. The first-order valence-corrected chi connectivity index (χ1v) is 14.4. The molecule has 0 heterocycles. The van der Waals surface area contributed by atoms with Gasteiger partial charge in [-0.1, -0.05) is 72.8 Å². The van der Waals surface area contributed by atoms with E-state index in [0.717, 1.165) is 29.1 Å². The van der Waals surface area contributed by atoms with Crippen molar-refractivity contribution in [2.75, 3.05) is 32.1 Å². The van der Waals surface area contributed by atoms with Crippen LogP contribution in [-0.4, -0.2) is 60.2 Å². The highest BCUT2D eigenvalue weighted by Gasteiger charge is 2.18. The lowest BCUT2D eigenvalue weighted by Gasteiger charge is -2.23. The molecule has 39 heavy (non-hydrogen) atoms. The van der Waals surface area contributed by atoms with Crippen molar-refractivity contribution >= 4 is 23.8 Å². The second-order valence-electron chi connectivity index (χ2n) is 9.00. The van der Waals surface area contributed by atoms with E-state index in [1.165, 1.54) is 5.56 Å². The quantitative estimate of drug-likeness (QED) is 0.212. The van der Waals surface area contributed by atoms with E-state index in [1.807, 2.05) is 72.4 Å². The average Bonchev–Trinajstić information content (AvgIpc) is 2.96. The number of benzene rings is 3. The lowest BCUT2D eigenvalue weighted by molar-refractivity contribution is -0.149. The number of carboxylic acids is 1. The highest BCUT2D eigenvalue weighted by Crippen LogP contribution is 2.16. The van der Waals surface area contributed by atoms with Crippen LogP contribution in [0.2, 0.25) is 0 Å². The van der Waals surface area contributed by atoms with E-state index in [4.69, 9.17) is 9.47 Å². The zero-order valence-corrected chi connectivity index (χ0v) is 23.3. The number of ether oxygens (including phenoxy) is 2. The summed E-state index contributed by atoms with van der Waals surface area (Å²) in [4.78, 5) is 26.1. The first-order valence-electron chi connectivity index (χ1n) is 13.3. The third kappa shape index (κ3) is 11.4.